The van der Waals surface area contributed by atoms with Gasteiger partial charge in [-0.2, -0.15) is 0 Å². The lowest BCUT2D eigenvalue weighted by Crippen LogP contribution is -2.44. The van der Waals surface area contributed by atoms with Gasteiger partial charge in [0, 0.05) is 31.2 Å². The first-order chi connectivity index (χ1) is 9.54. The van der Waals surface area contributed by atoms with Crippen molar-refractivity contribution >= 4 is 5.69 Å². The summed E-state index contributed by atoms with van der Waals surface area (Å²) < 4.78 is 0. The Hall–Kier alpha value is -1.02. The molecule has 1 aromatic rings. The second kappa shape index (κ2) is 6.62. The van der Waals surface area contributed by atoms with Crippen LogP contribution < -0.4 is 10.2 Å². The van der Waals surface area contributed by atoms with Crippen molar-refractivity contribution in [3.05, 3.63) is 29.8 Å². The van der Waals surface area contributed by atoms with Gasteiger partial charge in [0.2, 0.25) is 0 Å². The van der Waals surface area contributed by atoms with Crippen LogP contribution >= 0.6 is 0 Å². The molecule has 2 nitrogen and oxygen atoms in total. The molecule has 2 heteroatoms. The molecular weight excluding hydrogens is 244 g/mol. The van der Waals surface area contributed by atoms with Gasteiger partial charge in [-0.15, -0.1) is 0 Å². The number of anilines is 1. The summed E-state index contributed by atoms with van der Waals surface area (Å²) in [5.41, 5.74) is 3.13. The van der Waals surface area contributed by atoms with Crippen LogP contribution in [0.3, 0.4) is 0 Å². The summed E-state index contributed by atoms with van der Waals surface area (Å²) in [6.07, 6.45) is 5.46. The van der Waals surface area contributed by atoms with Crippen LogP contribution in [0.1, 0.15) is 38.2 Å². The predicted octanol–water partition coefficient (Wildman–Crippen LogP) is 3.85. The largest absolute Gasteiger partial charge is 0.374 e. The minimum atomic E-state index is 0.444. The molecular formula is C18H30N2. The maximum absolute atomic E-state index is 3.43. The molecule has 0 spiro atoms. The average Bonchev–Trinajstić information content (AvgIpc) is 2.42. The Bertz CT molecular complexity index is 419. The Balaban J connectivity index is 2.07. The lowest BCUT2D eigenvalue weighted by molar-refractivity contribution is 0.161. The van der Waals surface area contributed by atoms with Crippen LogP contribution in [0.15, 0.2) is 24.3 Å². The Kier molecular flexibility index (Phi) is 5.09. The molecule has 0 unspecified atom stereocenters. The maximum atomic E-state index is 3.43. The van der Waals surface area contributed by atoms with Gasteiger partial charge in [-0.3, -0.25) is 0 Å². The summed E-state index contributed by atoms with van der Waals surface area (Å²) in [6.45, 7) is 6.86. The second-order valence-electron chi connectivity index (χ2n) is 6.91. The van der Waals surface area contributed by atoms with E-state index < -0.39 is 0 Å². The van der Waals surface area contributed by atoms with E-state index in [1.54, 1.807) is 0 Å². The topological polar surface area (TPSA) is 15.3 Å². The van der Waals surface area contributed by atoms with Gasteiger partial charge < -0.3 is 10.2 Å². The highest BCUT2D eigenvalue weighted by Gasteiger charge is 2.34. The molecule has 1 N–H and O–H groups in total. The summed E-state index contributed by atoms with van der Waals surface area (Å²) in [5.74, 6) is 0.907. The van der Waals surface area contributed by atoms with Gasteiger partial charge >= 0.3 is 0 Å². The van der Waals surface area contributed by atoms with E-state index in [9.17, 15) is 0 Å². The highest BCUT2D eigenvalue weighted by molar-refractivity contribution is 5.47. The Morgan fingerprint density at radius 1 is 1.30 bits per heavy atom. The van der Waals surface area contributed by atoms with Crippen molar-refractivity contribution in [1.82, 2.24) is 5.32 Å². The van der Waals surface area contributed by atoms with Crippen LogP contribution in [0.5, 0.6) is 0 Å². The standard InChI is InChI=1S/C18H30N2/c1-15-8-10-18(11-9-15,13-19-3)14-20(4)17-7-5-6-16(2)12-17/h5-7,12,15,19H,8-11,13-14H2,1-4H3. The van der Waals surface area contributed by atoms with Crippen LogP contribution in [-0.2, 0) is 0 Å². The fraction of sp³-hybridized carbons (Fsp3) is 0.667. The molecule has 1 aliphatic carbocycles. The molecule has 0 bridgehead atoms. The maximum Gasteiger partial charge on any atom is 0.0366 e. The summed E-state index contributed by atoms with van der Waals surface area (Å²) in [7, 11) is 4.33. The molecule has 1 aliphatic rings. The van der Waals surface area contributed by atoms with Crippen molar-refractivity contribution < 1.29 is 0 Å². The molecule has 0 saturated heterocycles. The van der Waals surface area contributed by atoms with E-state index in [1.807, 2.05) is 0 Å². The quantitative estimate of drug-likeness (QED) is 0.877. The van der Waals surface area contributed by atoms with Crippen LogP contribution in [0.4, 0.5) is 5.69 Å². The van der Waals surface area contributed by atoms with Gasteiger partial charge in [0.15, 0.2) is 0 Å². The summed E-state index contributed by atoms with van der Waals surface area (Å²) >= 11 is 0. The fourth-order valence-electron chi connectivity index (χ4n) is 3.60. The molecule has 0 aliphatic heterocycles. The van der Waals surface area contributed by atoms with E-state index in [4.69, 9.17) is 0 Å². The number of hydrogen-bond acceptors (Lipinski definition) is 2. The third-order valence-electron chi connectivity index (χ3n) is 4.90. The van der Waals surface area contributed by atoms with Gasteiger partial charge in [0.05, 0.1) is 0 Å². The van der Waals surface area contributed by atoms with Gasteiger partial charge in [0.1, 0.15) is 0 Å². The number of rotatable bonds is 5. The lowest BCUT2D eigenvalue weighted by atomic mass is 9.70. The molecule has 0 amide bonds. The van der Waals surface area contributed by atoms with Crippen LogP contribution in [0, 0.1) is 18.3 Å². The fourth-order valence-corrected chi connectivity index (χ4v) is 3.60. The highest BCUT2D eigenvalue weighted by Crippen LogP contribution is 2.39. The SMILES string of the molecule is CNCC1(CN(C)c2cccc(C)c2)CCC(C)CC1. The normalized spacial score (nSPS) is 26.5. The van der Waals surface area contributed by atoms with Crippen molar-refractivity contribution in [2.75, 3.05) is 32.1 Å². The molecule has 0 radical (unpaired) electrons. The van der Waals surface area contributed by atoms with E-state index in [1.165, 1.54) is 36.9 Å². The van der Waals surface area contributed by atoms with Crippen molar-refractivity contribution in [2.45, 2.75) is 39.5 Å². The zero-order valence-electron chi connectivity index (χ0n) is 13.6. The molecule has 2 rings (SSSR count). The van der Waals surface area contributed by atoms with Crippen molar-refractivity contribution in [2.24, 2.45) is 11.3 Å². The zero-order valence-corrected chi connectivity index (χ0v) is 13.6. The van der Waals surface area contributed by atoms with E-state index in [0.29, 0.717) is 5.41 Å². The van der Waals surface area contributed by atoms with Crippen LogP contribution in [0.25, 0.3) is 0 Å². The molecule has 0 atom stereocenters. The zero-order chi connectivity index (χ0) is 14.6. The number of aryl methyl sites for hydroxylation is 1. The van der Waals surface area contributed by atoms with E-state index in [-0.39, 0.29) is 0 Å². The first-order valence-corrected chi connectivity index (χ1v) is 7.97. The molecule has 0 heterocycles. The number of nitrogens with zero attached hydrogens (tertiary/aromatic N) is 1. The second-order valence-corrected chi connectivity index (χ2v) is 6.91. The smallest absolute Gasteiger partial charge is 0.0366 e. The average molecular weight is 274 g/mol. The molecule has 20 heavy (non-hydrogen) atoms. The van der Waals surface area contributed by atoms with Gasteiger partial charge in [-0.25, -0.2) is 0 Å². The van der Waals surface area contributed by atoms with E-state index in [2.05, 4.69) is 62.4 Å². The van der Waals surface area contributed by atoms with Crippen LogP contribution in [-0.4, -0.2) is 27.2 Å². The Morgan fingerprint density at radius 3 is 2.60 bits per heavy atom. The minimum Gasteiger partial charge on any atom is -0.374 e. The molecule has 1 saturated carbocycles. The summed E-state index contributed by atoms with van der Waals surface area (Å²) in [6, 6.07) is 8.85. The molecule has 0 aromatic heterocycles. The Morgan fingerprint density at radius 2 is 2.00 bits per heavy atom. The monoisotopic (exact) mass is 274 g/mol. The lowest BCUT2D eigenvalue weighted by Gasteiger charge is -2.42. The van der Waals surface area contributed by atoms with E-state index >= 15 is 0 Å². The minimum absolute atomic E-state index is 0.444. The highest BCUT2D eigenvalue weighted by atomic mass is 15.1. The number of hydrogen-bond donors (Lipinski definition) is 1. The molecule has 112 valence electrons. The third-order valence-corrected chi connectivity index (χ3v) is 4.90. The first kappa shape index (κ1) is 15.4. The molecule has 1 aromatic carbocycles. The number of nitrogens with one attached hydrogen (secondary N) is 1. The Labute approximate surface area is 124 Å². The van der Waals surface area contributed by atoms with Crippen molar-refractivity contribution in [3.63, 3.8) is 0 Å². The van der Waals surface area contributed by atoms with Crippen molar-refractivity contribution in [3.8, 4) is 0 Å². The van der Waals surface area contributed by atoms with E-state index in [0.717, 1.165) is 19.0 Å². The number of benzene rings is 1. The van der Waals surface area contributed by atoms with Gasteiger partial charge in [-0.05, 0) is 50.4 Å². The summed E-state index contributed by atoms with van der Waals surface area (Å²) in [5, 5.41) is 3.43. The van der Waals surface area contributed by atoms with Gasteiger partial charge in [0.25, 0.3) is 0 Å². The van der Waals surface area contributed by atoms with Crippen molar-refractivity contribution in [1.29, 1.82) is 0 Å². The summed E-state index contributed by atoms with van der Waals surface area (Å²) in [4.78, 5) is 2.44. The van der Waals surface area contributed by atoms with Gasteiger partial charge in [-0.1, -0.05) is 31.9 Å². The first-order valence-electron chi connectivity index (χ1n) is 7.97. The van der Waals surface area contributed by atoms with Crippen LogP contribution in [0.2, 0.25) is 0 Å². The third kappa shape index (κ3) is 3.76. The predicted molar refractivity (Wildman–Crippen MR) is 88.4 cm³/mol. The molecule has 1 fully saturated rings.